The summed E-state index contributed by atoms with van der Waals surface area (Å²) in [4.78, 5) is 5.36. The molecule has 0 aromatic rings. The van der Waals surface area contributed by atoms with Crippen molar-refractivity contribution in [2.75, 3.05) is 39.9 Å². The van der Waals surface area contributed by atoms with Gasteiger partial charge in [0.1, 0.15) is 0 Å². The van der Waals surface area contributed by atoms with Crippen molar-refractivity contribution in [1.82, 2.24) is 9.80 Å². The van der Waals surface area contributed by atoms with Crippen LogP contribution in [0.25, 0.3) is 0 Å². The molecule has 2 aliphatic carbocycles. The van der Waals surface area contributed by atoms with Crippen LogP contribution in [0, 0.1) is 0 Å². The maximum absolute atomic E-state index is 6.18. The number of hydrogen-bond acceptors (Lipinski definition) is 4. The molecule has 4 heteroatoms. The largest absolute Gasteiger partial charge is 0.383 e. The van der Waals surface area contributed by atoms with Gasteiger partial charge in [0.25, 0.3) is 0 Å². The van der Waals surface area contributed by atoms with E-state index in [0.29, 0.717) is 0 Å². The predicted octanol–water partition coefficient (Wildman–Crippen LogP) is 0.663. The quantitative estimate of drug-likeness (QED) is 0.724. The molecule has 0 radical (unpaired) electrons. The highest BCUT2D eigenvalue weighted by atomic mass is 16.5. The Hall–Kier alpha value is -0.160. The molecule has 1 aliphatic heterocycles. The summed E-state index contributed by atoms with van der Waals surface area (Å²) >= 11 is 0. The Kier molecular flexibility index (Phi) is 3.63. The minimum Gasteiger partial charge on any atom is -0.383 e. The summed E-state index contributed by atoms with van der Waals surface area (Å²) < 4.78 is 5.29. The van der Waals surface area contributed by atoms with E-state index < -0.39 is 0 Å². The summed E-state index contributed by atoms with van der Waals surface area (Å²) in [6, 6.07) is 1.66. The standard InChI is InChI=1S/C14H27N3O/c1-18-9-8-17(13-4-5-13)14(10-15)6-7-16(11-14)12-2-3-12/h12-13H,2-11,15H2,1H3. The summed E-state index contributed by atoms with van der Waals surface area (Å²) in [5.74, 6) is 0. The first-order valence-electron chi connectivity index (χ1n) is 7.49. The van der Waals surface area contributed by atoms with E-state index in [4.69, 9.17) is 10.5 Å². The van der Waals surface area contributed by atoms with Crippen LogP contribution >= 0.6 is 0 Å². The van der Waals surface area contributed by atoms with E-state index >= 15 is 0 Å². The van der Waals surface area contributed by atoms with E-state index in [-0.39, 0.29) is 5.54 Å². The van der Waals surface area contributed by atoms with E-state index in [9.17, 15) is 0 Å². The van der Waals surface area contributed by atoms with E-state index in [2.05, 4.69) is 9.80 Å². The van der Waals surface area contributed by atoms with Gasteiger partial charge in [-0.15, -0.1) is 0 Å². The lowest BCUT2D eigenvalue weighted by Gasteiger charge is -2.41. The molecule has 3 aliphatic rings. The van der Waals surface area contributed by atoms with Crippen molar-refractivity contribution in [2.24, 2.45) is 5.73 Å². The van der Waals surface area contributed by atoms with Crippen molar-refractivity contribution in [3.63, 3.8) is 0 Å². The maximum atomic E-state index is 6.18. The molecule has 0 spiro atoms. The van der Waals surface area contributed by atoms with Crippen LogP contribution in [0.1, 0.15) is 32.1 Å². The van der Waals surface area contributed by atoms with Crippen molar-refractivity contribution in [2.45, 2.75) is 49.7 Å². The normalized spacial score (nSPS) is 33.5. The summed E-state index contributed by atoms with van der Waals surface area (Å²) in [5.41, 5.74) is 6.42. The molecule has 3 fully saturated rings. The summed E-state index contributed by atoms with van der Waals surface area (Å²) in [5, 5.41) is 0. The third kappa shape index (κ3) is 2.44. The first kappa shape index (κ1) is 12.9. The van der Waals surface area contributed by atoms with Gasteiger partial charge in [0.05, 0.1) is 6.61 Å². The van der Waals surface area contributed by atoms with Crippen molar-refractivity contribution >= 4 is 0 Å². The van der Waals surface area contributed by atoms with Crippen LogP contribution in [-0.2, 0) is 4.74 Å². The molecule has 1 saturated heterocycles. The van der Waals surface area contributed by atoms with Crippen molar-refractivity contribution in [3.8, 4) is 0 Å². The Bertz CT molecular complexity index is 291. The molecule has 1 atom stereocenters. The molecule has 1 unspecified atom stereocenters. The van der Waals surface area contributed by atoms with E-state index in [1.54, 1.807) is 7.11 Å². The number of rotatable bonds is 7. The summed E-state index contributed by atoms with van der Waals surface area (Å²) in [6.45, 7) is 5.13. The van der Waals surface area contributed by atoms with Gasteiger partial charge in [0, 0.05) is 50.9 Å². The molecule has 0 amide bonds. The fourth-order valence-electron chi connectivity index (χ4n) is 3.54. The first-order valence-corrected chi connectivity index (χ1v) is 7.49. The number of nitrogens with two attached hydrogens (primary N) is 1. The average molecular weight is 253 g/mol. The molecule has 2 saturated carbocycles. The van der Waals surface area contributed by atoms with E-state index in [0.717, 1.165) is 31.8 Å². The summed E-state index contributed by atoms with van der Waals surface area (Å²) in [7, 11) is 1.80. The van der Waals surface area contributed by atoms with Crippen LogP contribution in [0.2, 0.25) is 0 Å². The second kappa shape index (κ2) is 5.08. The fourth-order valence-corrected chi connectivity index (χ4v) is 3.54. The minimum atomic E-state index is 0.238. The molecule has 4 nitrogen and oxygen atoms in total. The van der Waals surface area contributed by atoms with Gasteiger partial charge in [-0.25, -0.2) is 0 Å². The third-order valence-electron chi connectivity index (χ3n) is 4.94. The SMILES string of the molecule is COCCN(C1CC1)C1(CN)CCN(C2CC2)C1. The lowest BCUT2D eigenvalue weighted by molar-refractivity contribution is 0.0562. The van der Waals surface area contributed by atoms with Gasteiger partial charge >= 0.3 is 0 Å². The van der Waals surface area contributed by atoms with Crippen LogP contribution in [0.5, 0.6) is 0 Å². The molecule has 0 aromatic carbocycles. The molecule has 0 aromatic heterocycles. The minimum absolute atomic E-state index is 0.238. The van der Waals surface area contributed by atoms with Gasteiger partial charge in [0.15, 0.2) is 0 Å². The molecule has 18 heavy (non-hydrogen) atoms. The van der Waals surface area contributed by atoms with Crippen LogP contribution in [-0.4, -0.2) is 67.3 Å². The fraction of sp³-hybridized carbons (Fsp3) is 1.00. The Labute approximate surface area is 110 Å². The molecule has 104 valence electrons. The molecular formula is C14H27N3O. The summed E-state index contributed by atoms with van der Waals surface area (Å²) in [6.07, 6.45) is 6.77. The average Bonchev–Trinajstić information content (AvgIpc) is 3.29. The third-order valence-corrected chi connectivity index (χ3v) is 4.94. The number of hydrogen-bond donors (Lipinski definition) is 1. The zero-order valence-electron chi connectivity index (χ0n) is 11.6. The van der Waals surface area contributed by atoms with Crippen molar-refractivity contribution < 1.29 is 4.74 Å². The van der Waals surface area contributed by atoms with Crippen molar-refractivity contribution in [1.29, 1.82) is 0 Å². The van der Waals surface area contributed by atoms with Crippen molar-refractivity contribution in [3.05, 3.63) is 0 Å². The van der Waals surface area contributed by atoms with E-state index in [1.165, 1.54) is 45.2 Å². The van der Waals surface area contributed by atoms with Crippen LogP contribution < -0.4 is 5.73 Å². The van der Waals surface area contributed by atoms with Gasteiger partial charge in [0.2, 0.25) is 0 Å². The van der Waals surface area contributed by atoms with Crippen LogP contribution in [0.4, 0.5) is 0 Å². The zero-order chi connectivity index (χ0) is 12.6. The van der Waals surface area contributed by atoms with E-state index in [1.807, 2.05) is 0 Å². The van der Waals surface area contributed by atoms with Crippen LogP contribution in [0.3, 0.4) is 0 Å². The predicted molar refractivity (Wildman–Crippen MR) is 72.6 cm³/mol. The highest BCUT2D eigenvalue weighted by Crippen LogP contribution is 2.40. The lowest BCUT2D eigenvalue weighted by Crippen LogP contribution is -2.57. The first-order chi connectivity index (χ1) is 8.79. The number of methoxy groups -OCH3 is 1. The smallest absolute Gasteiger partial charge is 0.0590 e. The Balaban J connectivity index is 1.67. The Morgan fingerprint density at radius 1 is 1.33 bits per heavy atom. The Morgan fingerprint density at radius 3 is 2.67 bits per heavy atom. The van der Waals surface area contributed by atoms with Gasteiger partial charge in [-0.3, -0.25) is 9.80 Å². The molecule has 3 rings (SSSR count). The van der Waals surface area contributed by atoms with Gasteiger partial charge in [-0.1, -0.05) is 0 Å². The topological polar surface area (TPSA) is 41.7 Å². The van der Waals surface area contributed by atoms with Gasteiger partial charge in [-0.05, 0) is 32.1 Å². The van der Waals surface area contributed by atoms with Crippen LogP contribution in [0.15, 0.2) is 0 Å². The molecule has 2 N–H and O–H groups in total. The monoisotopic (exact) mass is 253 g/mol. The maximum Gasteiger partial charge on any atom is 0.0590 e. The molecular weight excluding hydrogens is 226 g/mol. The molecule has 0 bridgehead atoms. The highest BCUT2D eigenvalue weighted by molar-refractivity contribution is 5.07. The van der Waals surface area contributed by atoms with Gasteiger partial charge in [-0.2, -0.15) is 0 Å². The highest BCUT2D eigenvalue weighted by Gasteiger charge is 2.49. The molecule has 1 heterocycles. The zero-order valence-corrected chi connectivity index (χ0v) is 11.6. The van der Waals surface area contributed by atoms with Gasteiger partial charge < -0.3 is 10.5 Å². The second-order valence-electron chi connectivity index (χ2n) is 6.30. The number of nitrogens with zero attached hydrogens (tertiary/aromatic N) is 2. The Morgan fingerprint density at radius 2 is 2.11 bits per heavy atom. The second-order valence-corrected chi connectivity index (χ2v) is 6.30. The lowest BCUT2D eigenvalue weighted by atomic mass is 9.95. The number of likely N-dealkylation sites (tertiary alicyclic amines) is 1. The number of ether oxygens (including phenoxy) is 1.